The molecule has 1 fully saturated rings. The number of rotatable bonds is 2. The molecule has 0 atom stereocenters. The third kappa shape index (κ3) is 8.46. The predicted octanol–water partition coefficient (Wildman–Crippen LogP) is 2.41. The zero-order chi connectivity index (χ0) is 15.9. The number of hydrogen-bond donors (Lipinski definition) is 3. The van der Waals surface area contributed by atoms with Gasteiger partial charge in [0.2, 0.25) is 0 Å². The Hall–Kier alpha value is 0.644. The molecule has 1 saturated heterocycles. The van der Waals surface area contributed by atoms with E-state index in [9.17, 15) is 0 Å². The molecule has 0 aliphatic carbocycles. The summed E-state index contributed by atoms with van der Waals surface area (Å²) >= 11 is -2.82. The summed E-state index contributed by atoms with van der Waals surface area (Å²) < 4.78 is 4.36. The Kier molecular flexibility index (Phi) is 14.4. The van der Waals surface area contributed by atoms with Crippen LogP contribution in [0.3, 0.4) is 0 Å². The molecule has 0 amide bonds. The van der Waals surface area contributed by atoms with Gasteiger partial charge in [-0.15, -0.1) is 37.2 Å². The van der Waals surface area contributed by atoms with Crippen LogP contribution >= 0.6 is 37.2 Å². The van der Waals surface area contributed by atoms with E-state index in [2.05, 4.69) is 65.3 Å². The van der Waals surface area contributed by atoms with E-state index in [4.69, 9.17) is 0 Å². The van der Waals surface area contributed by atoms with Gasteiger partial charge in [-0.05, 0) is 0 Å². The molecule has 0 aromatic heterocycles. The van der Waals surface area contributed by atoms with Crippen molar-refractivity contribution in [2.75, 3.05) is 52.4 Å². The Morgan fingerprint density at radius 3 is 1.52 bits per heavy atom. The first-order chi connectivity index (χ1) is 10.5. The SMILES string of the molecule is Cl.Cl.Cl.[CH3][Ti]([CH3])([CH3])([c]1ccccc1)[N]1CCNCCNCCNCC1. The van der Waals surface area contributed by atoms with Gasteiger partial charge in [0, 0.05) is 0 Å². The minimum atomic E-state index is -2.82. The monoisotopic (exact) mass is 449 g/mol. The molecular weight excluding hydrogens is 414 g/mol. The Bertz CT molecular complexity index is 442. The number of halogens is 3. The second-order valence-corrected chi connectivity index (χ2v) is 19.0. The van der Waals surface area contributed by atoms with Gasteiger partial charge >= 0.3 is 137 Å². The second kappa shape index (κ2) is 12.9. The van der Waals surface area contributed by atoms with Gasteiger partial charge in [0.1, 0.15) is 0 Å². The summed E-state index contributed by atoms with van der Waals surface area (Å²) in [7, 11) is 0. The average molecular weight is 451 g/mol. The predicted molar refractivity (Wildman–Crippen MR) is 116 cm³/mol. The normalized spacial score (nSPS) is 19.4. The zero-order valence-electron chi connectivity index (χ0n) is 15.7. The van der Waals surface area contributed by atoms with Crippen LogP contribution < -0.4 is 19.8 Å². The van der Waals surface area contributed by atoms with E-state index in [1.807, 2.05) is 0 Å². The topological polar surface area (TPSA) is 39.3 Å². The number of nitrogens with one attached hydrogen (secondary N) is 3. The molecule has 1 aromatic carbocycles. The van der Waals surface area contributed by atoms with Crippen molar-refractivity contribution >= 4 is 41.1 Å². The first-order valence-electron chi connectivity index (χ1n) is 8.64. The van der Waals surface area contributed by atoms with Crippen molar-refractivity contribution in [3.8, 4) is 0 Å². The molecule has 2 rings (SSSR count). The third-order valence-corrected chi connectivity index (χ3v) is 12.7. The summed E-state index contributed by atoms with van der Waals surface area (Å²) in [5.41, 5.74) is 0. The molecule has 4 nitrogen and oxygen atoms in total. The molecule has 0 radical (unpaired) electrons. The van der Waals surface area contributed by atoms with Crippen molar-refractivity contribution < 1.29 is 15.6 Å². The van der Waals surface area contributed by atoms with Crippen LogP contribution in [0, 0.1) is 0 Å². The first kappa shape index (κ1) is 27.9. The first-order valence-corrected chi connectivity index (χ1v) is 14.8. The number of benzene rings is 1. The fourth-order valence-corrected chi connectivity index (χ4v) is 8.70. The average Bonchev–Trinajstić information content (AvgIpc) is 2.48. The van der Waals surface area contributed by atoms with Crippen LogP contribution in [0.1, 0.15) is 0 Å². The van der Waals surface area contributed by atoms with Gasteiger partial charge in [-0.25, -0.2) is 0 Å². The zero-order valence-corrected chi connectivity index (χ0v) is 19.7. The Labute approximate surface area is 173 Å². The summed E-state index contributed by atoms with van der Waals surface area (Å²) in [6.45, 7) is 8.64. The van der Waals surface area contributed by atoms with Crippen LogP contribution in [0.4, 0.5) is 0 Å². The molecule has 0 bridgehead atoms. The molecule has 0 unspecified atom stereocenters. The molecule has 1 heterocycles. The van der Waals surface area contributed by atoms with E-state index in [0.29, 0.717) is 0 Å². The van der Waals surface area contributed by atoms with Crippen molar-refractivity contribution in [2.24, 2.45) is 0 Å². The summed E-state index contributed by atoms with van der Waals surface area (Å²) in [4.78, 5) is 0. The summed E-state index contributed by atoms with van der Waals surface area (Å²) in [6, 6.07) is 11.2. The fourth-order valence-electron chi connectivity index (χ4n) is 3.25. The van der Waals surface area contributed by atoms with Crippen LogP contribution in [-0.4, -0.2) is 55.7 Å². The molecule has 1 aliphatic heterocycles. The van der Waals surface area contributed by atoms with Crippen LogP contribution in [0.25, 0.3) is 0 Å². The molecular formula is C17H36Cl3N4Ti. The Morgan fingerprint density at radius 1 is 0.680 bits per heavy atom. The molecule has 149 valence electrons. The maximum absolute atomic E-state index is 3.58. The van der Waals surface area contributed by atoms with E-state index in [1.54, 1.807) is 3.87 Å². The second-order valence-electron chi connectivity index (χ2n) is 7.64. The van der Waals surface area contributed by atoms with Gasteiger partial charge in [-0.2, -0.15) is 0 Å². The van der Waals surface area contributed by atoms with E-state index in [0.717, 1.165) is 52.4 Å². The Balaban J connectivity index is 0. The van der Waals surface area contributed by atoms with Gasteiger partial charge < -0.3 is 0 Å². The molecule has 8 heteroatoms. The van der Waals surface area contributed by atoms with Gasteiger partial charge in [0.25, 0.3) is 0 Å². The van der Waals surface area contributed by atoms with E-state index < -0.39 is 15.6 Å². The van der Waals surface area contributed by atoms with Gasteiger partial charge in [-0.1, -0.05) is 0 Å². The molecule has 0 spiro atoms. The minimum absolute atomic E-state index is 0. The van der Waals surface area contributed by atoms with Crippen LogP contribution in [0.2, 0.25) is 15.7 Å². The number of hydrogen-bond acceptors (Lipinski definition) is 4. The van der Waals surface area contributed by atoms with E-state index in [-0.39, 0.29) is 37.2 Å². The van der Waals surface area contributed by atoms with Crippen molar-refractivity contribution in [1.82, 2.24) is 19.3 Å². The van der Waals surface area contributed by atoms with Crippen LogP contribution in [0.15, 0.2) is 30.3 Å². The van der Waals surface area contributed by atoms with Crippen molar-refractivity contribution in [3.63, 3.8) is 0 Å². The molecule has 0 saturated carbocycles. The standard InChI is InChI=1S/C8H19N4.C6H5.3CH3.3ClH.Ti/c1-2-10-5-6-12-8-7-11-4-3-9-1;1-2-4-6-5-3-1;;;;;;;/h9-11H,1-8H2;1-5H;3*1H3;3*1H;/q-1;;;;;;;;+1. The Morgan fingerprint density at radius 2 is 1.08 bits per heavy atom. The summed E-state index contributed by atoms with van der Waals surface area (Å²) in [5.74, 6) is 0. The van der Waals surface area contributed by atoms with Crippen LogP contribution in [-0.2, 0) is 15.6 Å². The fraction of sp³-hybridized carbons (Fsp3) is 0.647. The number of nitrogens with zero attached hydrogens (tertiary/aromatic N) is 1. The van der Waals surface area contributed by atoms with Crippen molar-refractivity contribution in [2.45, 2.75) is 15.7 Å². The van der Waals surface area contributed by atoms with Crippen molar-refractivity contribution in [1.29, 1.82) is 0 Å². The van der Waals surface area contributed by atoms with Gasteiger partial charge in [0.15, 0.2) is 0 Å². The van der Waals surface area contributed by atoms with Crippen molar-refractivity contribution in [3.05, 3.63) is 30.3 Å². The quantitative estimate of drug-likeness (QED) is 0.605. The molecule has 1 aliphatic rings. The van der Waals surface area contributed by atoms with Crippen LogP contribution in [0.5, 0.6) is 0 Å². The molecule has 3 N–H and O–H groups in total. The van der Waals surface area contributed by atoms with E-state index in [1.165, 1.54) is 0 Å². The third-order valence-electron chi connectivity index (χ3n) is 4.95. The van der Waals surface area contributed by atoms with Gasteiger partial charge in [0.05, 0.1) is 0 Å². The molecule has 25 heavy (non-hydrogen) atoms. The van der Waals surface area contributed by atoms with E-state index >= 15 is 0 Å². The maximum atomic E-state index is 3.58. The molecule has 1 aromatic rings. The summed E-state index contributed by atoms with van der Waals surface area (Å²) in [5, 5.41) is 18.2. The van der Waals surface area contributed by atoms with Gasteiger partial charge in [-0.3, -0.25) is 0 Å². The summed E-state index contributed by atoms with van der Waals surface area (Å²) in [6.07, 6.45) is 0.